The summed E-state index contributed by atoms with van der Waals surface area (Å²) in [5.41, 5.74) is 10.0. The Labute approximate surface area is 224 Å². The van der Waals surface area contributed by atoms with Crippen molar-refractivity contribution >= 4 is 33.6 Å². The third-order valence-electron chi connectivity index (χ3n) is 6.07. The number of fused-ring (bicyclic) bond motifs is 1. The lowest BCUT2D eigenvalue weighted by Gasteiger charge is -2.12. The van der Waals surface area contributed by atoms with Crippen molar-refractivity contribution in [1.82, 2.24) is 9.78 Å². The van der Waals surface area contributed by atoms with Gasteiger partial charge in [-0.25, -0.2) is 17.9 Å². The van der Waals surface area contributed by atoms with Gasteiger partial charge in [-0.15, -0.1) is 0 Å². The van der Waals surface area contributed by atoms with Gasteiger partial charge < -0.3 is 15.2 Å². The number of nitrogen functional groups attached to an aromatic ring is 1. The normalized spacial score (nSPS) is 12.4. The van der Waals surface area contributed by atoms with Crippen molar-refractivity contribution in [2.24, 2.45) is 0 Å². The maximum absolute atomic E-state index is 13.9. The van der Waals surface area contributed by atoms with E-state index in [4.69, 9.17) is 15.2 Å². The molecule has 194 valence electrons. The van der Waals surface area contributed by atoms with E-state index in [2.05, 4.69) is 21.0 Å². The van der Waals surface area contributed by atoms with E-state index in [1.54, 1.807) is 48.5 Å². The molecule has 1 heterocycles. The first-order valence-electron chi connectivity index (χ1n) is 11.6. The number of aryl methyl sites for hydroxylation is 1. The first-order valence-corrected chi connectivity index (χ1v) is 12.4. The minimum atomic E-state index is -2.60. The number of Topliss-reactive ketones (excluding diaryl/α,β-unsaturated/α-hetero) is 1. The van der Waals surface area contributed by atoms with Crippen molar-refractivity contribution in [3.63, 3.8) is 0 Å². The molecule has 0 unspecified atom stereocenters. The van der Waals surface area contributed by atoms with Crippen LogP contribution in [0.4, 0.5) is 19.0 Å². The molecule has 0 aliphatic heterocycles. The Morgan fingerprint density at radius 3 is 2.68 bits per heavy atom. The number of ketones is 1. The van der Waals surface area contributed by atoms with Crippen molar-refractivity contribution in [2.75, 3.05) is 12.3 Å². The lowest BCUT2D eigenvalue weighted by Crippen LogP contribution is -2.09. The van der Waals surface area contributed by atoms with Crippen molar-refractivity contribution < 1.29 is 27.4 Å². The van der Waals surface area contributed by atoms with Crippen LogP contribution in [-0.4, -0.2) is 28.6 Å². The molecule has 0 fully saturated rings. The second kappa shape index (κ2) is 10.4. The lowest BCUT2D eigenvalue weighted by molar-refractivity contribution is 0.0815. The van der Waals surface area contributed by atoms with Crippen LogP contribution in [0.15, 0.2) is 70.8 Å². The Kier molecular flexibility index (Phi) is 6.98. The molecule has 3 aromatic carbocycles. The predicted molar refractivity (Wildman–Crippen MR) is 141 cm³/mol. The number of hydrogen-bond donors (Lipinski definition) is 1. The monoisotopic (exact) mass is 583 g/mol. The van der Waals surface area contributed by atoms with Crippen LogP contribution < -0.4 is 15.2 Å². The van der Waals surface area contributed by atoms with Gasteiger partial charge in [-0.3, -0.25) is 4.79 Å². The number of alkyl halides is 2. The number of carbonyl (C=O) groups is 1. The fraction of sp³-hybridized carbons (Fsp3) is 0.143. The molecular weight excluding hydrogens is 563 g/mol. The second-order valence-corrected chi connectivity index (χ2v) is 9.55. The van der Waals surface area contributed by atoms with Gasteiger partial charge in [-0.05, 0) is 88.1 Å². The fourth-order valence-electron chi connectivity index (χ4n) is 4.23. The van der Waals surface area contributed by atoms with E-state index in [9.17, 15) is 18.0 Å². The largest absolute Gasteiger partial charge is 0.486 e. The van der Waals surface area contributed by atoms with Gasteiger partial charge in [-0.1, -0.05) is 12.1 Å². The second-order valence-electron chi connectivity index (χ2n) is 8.70. The molecule has 0 bridgehead atoms. The lowest BCUT2D eigenvalue weighted by atomic mass is 10.0. The van der Waals surface area contributed by atoms with Gasteiger partial charge in [0.1, 0.15) is 23.9 Å². The Bertz CT molecular complexity index is 1580. The maximum atomic E-state index is 13.9. The van der Waals surface area contributed by atoms with Crippen molar-refractivity contribution in [3.05, 3.63) is 98.9 Å². The highest BCUT2D eigenvalue weighted by Gasteiger charge is 2.25. The quantitative estimate of drug-likeness (QED) is 0.228. The van der Waals surface area contributed by atoms with Crippen LogP contribution in [-0.2, 0) is 6.42 Å². The van der Waals surface area contributed by atoms with E-state index >= 15 is 0 Å². The van der Waals surface area contributed by atoms with Crippen LogP contribution in [0.3, 0.4) is 0 Å². The zero-order chi connectivity index (χ0) is 27.0. The van der Waals surface area contributed by atoms with Crippen molar-refractivity contribution in [3.8, 4) is 22.9 Å². The number of benzene rings is 3. The minimum absolute atomic E-state index is 0.108. The molecular formula is C28H21BrF3N3O3. The minimum Gasteiger partial charge on any atom is -0.486 e. The highest BCUT2D eigenvalue weighted by molar-refractivity contribution is 9.10. The Morgan fingerprint density at radius 1 is 1.16 bits per heavy atom. The molecule has 0 radical (unpaired) electrons. The number of anilines is 1. The van der Waals surface area contributed by atoms with Gasteiger partial charge in [0, 0.05) is 12.0 Å². The van der Waals surface area contributed by atoms with Crippen molar-refractivity contribution in [2.45, 2.75) is 19.8 Å². The molecule has 10 heteroatoms. The molecule has 38 heavy (non-hydrogen) atoms. The van der Waals surface area contributed by atoms with Gasteiger partial charge in [-0.2, -0.15) is 5.10 Å². The number of para-hydroxylation sites is 1. The van der Waals surface area contributed by atoms with E-state index in [0.717, 1.165) is 11.1 Å². The zero-order valence-electron chi connectivity index (χ0n) is 20.1. The van der Waals surface area contributed by atoms with Gasteiger partial charge in [0.15, 0.2) is 17.3 Å². The summed E-state index contributed by atoms with van der Waals surface area (Å²) in [5.74, 6) is 0.237. The average molecular weight is 584 g/mol. The maximum Gasteiger partial charge on any atom is 0.272 e. The summed E-state index contributed by atoms with van der Waals surface area (Å²) < 4.78 is 51.9. The number of carbonyl (C=O) groups excluding carboxylic acids is 1. The van der Waals surface area contributed by atoms with Crippen LogP contribution in [0.25, 0.3) is 11.8 Å². The van der Waals surface area contributed by atoms with Gasteiger partial charge in [0.25, 0.3) is 6.43 Å². The average Bonchev–Trinajstić information content (AvgIpc) is 3.46. The molecule has 1 aliphatic carbocycles. The molecule has 0 amide bonds. The van der Waals surface area contributed by atoms with Crippen LogP contribution in [0.5, 0.6) is 17.2 Å². The number of rotatable bonds is 8. The first-order chi connectivity index (χ1) is 18.2. The molecule has 5 rings (SSSR count). The third-order valence-corrected chi connectivity index (χ3v) is 6.69. The van der Waals surface area contributed by atoms with Gasteiger partial charge in [0.2, 0.25) is 0 Å². The number of allylic oxidation sites excluding steroid dienone is 1. The van der Waals surface area contributed by atoms with E-state index in [1.807, 2.05) is 6.92 Å². The Balaban J connectivity index is 1.37. The van der Waals surface area contributed by atoms with Crippen LogP contribution in [0.1, 0.15) is 27.0 Å². The molecule has 0 atom stereocenters. The topological polar surface area (TPSA) is 79.4 Å². The van der Waals surface area contributed by atoms with E-state index < -0.39 is 18.8 Å². The molecule has 0 saturated carbocycles. The van der Waals surface area contributed by atoms with Gasteiger partial charge in [0.05, 0.1) is 21.9 Å². The number of aromatic nitrogens is 2. The SMILES string of the molecule is Cc1cc(Oc2ccccc2F)ccc1-n1ncc(C(=O)C2=Cc3cc(OCC(F)F)c(Br)cc3C2)c1N. The number of nitrogens with zero attached hydrogens (tertiary/aromatic N) is 2. The van der Waals surface area contributed by atoms with Gasteiger partial charge >= 0.3 is 0 Å². The summed E-state index contributed by atoms with van der Waals surface area (Å²) >= 11 is 3.34. The highest BCUT2D eigenvalue weighted by Crippen LogP contribution is 2.36. The molecule has 0 spiro atoms. The van der Waals surface area contributed by atoms with E-state index in [-0.39, 0.29) is 28.7 Å². The highest BCUT2D eigenvalue weighted by atomic mass is 79.9. The van der Waals surface area contributed by atoms with E-state index in [1.165, 1.54) is 23.0 Å². The molecule has 4 aromatic rings. The standard InChI is InChI=1S/C28H21BrF3N3O3/c1-15-8-19(38-24-5-3-2-4-22(24)30)6-7-23(15)35-28(33)20(13-34-35)27(36)18-9-16-11-21(29)25(12-17(16)10-18)37-14-26(31)32/h2-8,10-13,26H,9,14,33H2,1H3. The number of halogens is 4. The molecule has 1 aliphatic rings. The van der Waals surface area contributed by atoms with Crippen LogP contribution in [0, 0.1) is 12.7 Å². The fourth-order valence-corrected chi connectivity index (χ4v) is 4.74. The third kappa shape index (κ3) is 5.04. The summed E-state index contributed by atoms with van der Waals surface area (Å²) in [6.45, 7) is 1.10. The summed E-state index contributed by atoms with van der Waals surface area (Å²) in [6, 6.07) is 14.6. The molecule has 2 N–H and O–H groups in total. The van der Waals surface area contributed by atoms with Crippen molar-refractivity contribution in [1.29, 1.82) is 0 Å². The molecule has 6 nitrogen and oxygen atoms in total. The summed E-state index contributed by atoms with van der Waals surface area (Å²) in [4.78, 5) is 13.3. The summed E-state index contributed by atoms with van der Waals surface area (Å²) in [5, 5.41) is 4.33. The molecule has 0 saturated heterocycles. The van der Waals surface area contributed by atoms with Crippen LogP contribution in [0.2, 0.25) is 0 Å². The Hall–Kier alpha value is -4.05. The smallest absolute Gasteiger partial charge is 0.272 e. The Morgan fingerprint density at radius 2 is 1.95 bits per heavy atom. The van der Waals surface area contributed by atoms with E-state index in [0.29, 0.717) is 33.5 Å². The zero-order valence-corrected chi connectivity index (χ0v) is 21.6. The van der Waals surface area contributed by atoms with Crippen LogP contribution >= 0.6 is 15.9 Å². The first kappa shape index (κ1) is 25.6. The number of ether oxygens (including phenoxy) is 2. The molecule has 1 aromatic heterocycles. The number of hydrogen-bond acceptors (Lipinski definition) is 5. The predicted octanol–water partition coefficient (Wildman–Crippen LogP) is 6.92. The number of nitrogens with two attached hydrogens (primary N) is 1. The summed E-state index contributed by atoms with van der Waals surface area (Å²) in [6.07, 6.45) is 0.878. The summed E-state index contributed by atoms with van der Waals surface area (Å²) in [7, 11) is 0.